The summed E-state index contributed by atoms with van der Waals surface area (Å²) in [5.41, 5.74) is -0.929. The molecule has 13 nitrogen and oxygen atoms in total. The van der Waals surface area contributed by atoms with Crippen LogP contribution in [0, 0.1) is 20.2 Å². The number of hydrogen-bond acceptors (Lipinski definition) is 8. The van der Waals surface area contributed by atoms with E-state index in [1.165, 1.54) is 20.8 Å². The third kappa shape index (κ3) is 2.25. The molecular formula is C9H16N6O7+2. The van der Waals surface area contributed by atoms with Crippen LogP contribution in [0.2, 0.25) is 0 Å². The van der Waals surface area contributed by atoms with E-state index in [1.807, 2.05) is 0 Å². The Morgan fingerprint density at radius 2 is 1.77 bits per heavy atom. The summed E-state index contributed by atoms with van der Waals surface area (Å²) in [6.07, 6.45) is 0. The molecule has 1 aliphatic heterocycles. The molecule has 1 aliphatic rings. The maximum Gasteiger partial charge on any atom is 0.689 e. The molecule has 1 rings (SSSR count). The maximum atomic E-state index is 12.3. The lowest BCUT2D eigenvalue weighted by Crippen LogP contribution is -2.68. The van der Waals surface area contributed by atoms with Gasteiger partial charge in [-0.1, -0.05) is 0 Å². The lowest BCUT2D eigenvalue weighted by Gasteiger charge is -2.19. The molecule has 2 atom stereocenters. The van der Waals surface area contributed by atoms with Crippen LogP contribution in [0.5, 0.6) is 0 Å². The van der Waals surface area contributed by atoms with Crippen LogP contribution in [0.4, 0.5) is 9.59 Å². The quantitative estimate of drug-likeness (QED) is 0.432. The number of carbonyl (C=O) groups excluding carboxylic acids is 2. The molecule has 0 spiro atoms. The van der Waals surface area contributed by atoms with E-state index in [1.54, 1.807) is 0 Å². The van der Waals surface area contributed by atoms with Gasteiger partial charge in [-0.05, 0) is 20.8 Å². The van der Waals surface area contributed by atoms with Crippen molar-refractivity contribution in [1.82, 2.24) is 5.32 Å². The van der Waals surface area contributed by atoms with Gasteiger partial charge >= 0.3 is 18.1 Å². The first-order chi connectivity index (χ1) is 9.84. The number of nitro groups is 2. The molecule has 1 heterocycles. The van der Waals surface area contributed by atoms with Gasteiger partial charge < -0.3 is 4.74 Å². The zero-order valence-corrected chi connectivity index (χ0v) is 12.6. The second-order valence-electron chi connectivity index (χ2n) is 5.59. The van der Waals surface area contributed by atoms with Gasteiger partial charge in [0.15, 0.2) is 11.6 Å². The molecule has 0 fully saturated rings. The molecule has 0 saturated carbocycles. The SMILES string of the molecule is COC1=N[N+](C(=O)NC(C)(C)C)([N+](=O)[O-])C(=O)[N+]1(C)[N+](=O)[O-]. The smallest absolute Gasteiger partial charge is 0.432 e. The van der Waals surface area contributed by atoms with Crippen LogP contribution >= 0.6 is 0 Å². The maximum absolute atomic E-state index is 12.3. The molecule has 13 heteroatoms. The van der Waals surface area contributed by atoms with E-state index in [-0.39, 0.29) is 0 Å². The van der Waals surface area contributed by atoms with E-state index in [9.17, 15) is 29.8 Å². The number of carbonyl (C=O) groups is 2. The molecule has 122 valence electrons. The number of imide groups is 1. The molecule has 0 aromatic heterocycles. The van der Waals surface area contributed by atoms with E-state index in [4.69, 9.17) is 0 Å². The number of nitrogens with zero attached hydrogens (tertiary/aromatic N) is 5. The number of quaternary nitrogens is 2. The topological polar surface area (TPSA) is 154 Å². The summed E-state index contributed by atoms with van der Waals surface area (Å²) >= 11 is 0. The Labute approximate surface area is 124 Å². The van der Waals surface area contributed by atoms with Crippen molar-refractivity contribution < 1.29 is 33.7 Å². The number of amides is 4. The van der Waals surface area contributed by atoms with E-state index >= 15 is 0 Å². The Morgan fingerprint density at radius 1 is 1.27 bits per heavy atom. The second kappa shape index (κ2) is 4.96. The molecular weight excluding hydrogens is 304 g/mol. The second-order valence-corrected chi connectivity index (χ2v) is 5.59. The number of ether oxygens (including phenoxy) is 1. The molecule has 1 N–H and O–H groups in total. The average molecular weight is 320 g/mol. The highest BCUT2D eigenvalue weighted by Crippen LogP contribution is 2.29. The van der Waals surface area contributed by atoms with Crippen LogP contribution in [-0.2, 0) is 4.74 Å². The molecule has 0 aromatic carbocycles. The van der Waals surface area contributed by atoms with E-state index in [0.717, 1.165) is 14.2 Å². The van der Waals surface area contributed by atoms with E-state index < -0.39 is 43.0 Å². The summed E-state index contributed by atoms with van der Waals surface area (Å²) in [6.45, 7) is 4.55. The first-order valence-electron chi connectivity index (χ1n) is 5.92. The summed E-state index contributed by atoms with van der Waals surface area (Å²) in [5, 5.41) is 25.5. The normalized spacial score (nSPS) is 28.0. The fourth-order valence-corrected chi connectivity index (χ4v) is 1.68. The van der Waals surface area contributed by atoms with Gasteiger partial charge in [-0.2, -0.15) is 9.59 Å². The minimum atomic E-state index is -2.35. The summed E-state index contributed by atoms with van der Waals surface area (Å²) in [6, 6.07) is -4.01. The van der Waals surface area contributed by atoms with Crippen LogP contribution in [0.25, 0.3) is 0 Å². The fraction of sp³-hybridized carbons (Fsp3) is 0.667. The Hall–Kier alpha value is -2.67. The molecule has 2 unspecified atom stereocenters. The van der Waals surface area contributed by atoms with Gasteiger partial charge in [0, 0.05) is 5.54 Å². The Kier molecular flexibility index (Phi) is 3.92. The number of hydrogen-bond donors (Lipinski definition) is 1. The standard InChI is InChI=1S/C9H15N6O7/c1-9(2,3)10-6(16)15(13(20)21)8(17)14(4,12(18)19)7(11-15)22-5/h1-5H3/q+1/p+1. The number of nitrogens with one attached hydrogen (secondary N) is 1. The minimum Gasteiger partial charge on any atom is -0.432 e. The van der Waals surface area contributed by atoms with Gasteiger partial charge in [-0.3, -0.25) is 5.32 Å². The van der Waals surface area contributed by atoms with Crippen LogP contribution in [0.1, 0.15) is 20.8 Å². The predicted octanol–water partition coefficient (Wildman–Crippen LogP) is 0.192. The molecule has 0 aromatic rings. The molecule has 0 saturated heterocycles. The zero-order valence-electron chi connectivity index (χ0n) is 12.6. The largest absolute Gasteiger partial charge is 0.689 e. The zero-order chi connectivity index (χ0) is 17.5. The summed E-state index contributed by atoms with van der Waals surface area (Å²) in [5.74, 6) is 0. The highest BCUT2D eigenvalue weighted by Gasteiger charge is 2.84. The molecule has 22 heavy (non-hydrogen) atoms. The predicted molar refractivity (Wildman–Crippen MR) is 68.6 cm³/mol. The van der Waals surface area contributed by atoms with E-state index in [0.29, 0.717) is 0 Å². The highest BCUT2D eigenvalue weighted by molar-refractivity contribution is 5.88. The van der Waals surface area contributed by atoms with Crippen molar-refractivity contribution in [3.05, 3.63) is 20.2 Å². The van der Waals surface area contributed by atoms with Gasteiger partial charge in [0.2, 0.25) is 0 Å². The summed E-state index contributed by atoms with van der Waals surface area (Å²) in [4.78, 5) is 47.0. The number of rotatable bonds is 2. The van der Waals surface area contributed by atoms with Crippen molar-refractivity contribution in [2.24, 2.45) is 5.10 Å². The minimum absolute atomic E-state index is 0.735. The monoisotopic (exact) mass is 320 g/mol. The molecule has 4 amide bonds. The van der Waals surface area contributed by atoms with Crippen molar-refractivity contribution in [3.63, 3.8) is 0 Å². The third-order valence-corrected chi connectivity index (χ3v) is 2.75. The highest BCUT2D eigenvalue weighted by atomic mass is 16.7. The summed E-state index contributed by atoms with van der Waals surface area (Å²) < 4.78 is 0.402. The van der Waals surface area contributed by atoms with Crippen LogP contribution < -0.4 is 5.32 Å². The van der Waals surface area contributed by atoms with Crippen molar-refractivity contribution in [2.45, 2.75) is 26.3 Å². The van der Waals surface area contributed by atoms with Crippen LogP contribution in [-0.4, -0.2) is 57.1 Å². The first kappa shape index (κ1) is 17.4. The Morgan fingerprint density at radius 3 is 2.05 bits per heavy atom. The van der Waals surface area contributed by atoms with Crippen molar-refractivity contribution in [1.29, 1.82) is 0 Å². The number of urea groups is 2. The summed E-state index contributed by atoms with van der Waals surface area (Å²) in [7, 11) is 1.69. The van der Waals surface area contributed by atoms with Gasteiger partial charge in [0.05, 0.1) is 7.11 Å². The average Bonchev–Trinajstić information content (AvgIpc) is 2.59. The van der Waals surface area contributed by atoms with Gasteiger partial charge in [-0.25, -0.2) is 20.2 Å². The Balaban J connectivity index is 3.54. The van der Waals surface area contributed by atoms with Gasteiger partial charge in [0.1, 0.15) is 5.10 Å². The molecule has 0 radical (unpaired) electrons. The Bertz CT molecular complexity index is 596. The van der Waals surface area contributed by atoms with Gasteiger partial charge in [-0.15, -0.1) is 0 Å². The molecule has 0 aliphatic carbocycles. The lowest BCUT2D eigenvalue weighted by molar-refractivity contribution is -1.29. The van der Waals surface area contributed by atoms with Crippen molar-refractivity contribution >= 4 is 18.1 Å². The fourth-order valence-electron chi connectivity index (χ4n) is 1.68. The lowest BCUT2D eigenvalue weighted by atomic mass is 10.1. The van der Waals surface area contributed by atoms with E-state index in [2.05, 4.69) is 15.2 Å². The van der Waals surface area contributed by atoms with Crippen LogP contribution in [0.15, 0.2) is 5.10 Å². The van der Waals surface area contributed by atoms with Gasteiger partial charge in [0.25, 0.3) is 14.8 Å². The molecule has 0 bridgehead atoms. The van der Waals surface area contributed by atoms with Crippen LogP contribution in [0.3, 0.4) is 0 Å². The number of methoxy groups -OCH3 is 1. The number of amidine groups is 1. The third-order valence-electron chi connectivity index (χ3n) is 2.75. The first-order valence-corrected chi connectivity index (χ1v) is 5.92. The van der Waals surface area contributed by atoms with Crippen molar-refractivity contribution in [2.75, 3.05) is 14.2 Å². The van der Waals surface area contributed by atoms with Crippen molar-refractivity contribution in [3.8, 4) is 0 Å².